The number of aliphatic hydroxyl groups excluding tert-OH is 1. The molecule has 0 rings (SSSR count). The summed E-state index contributed by atoms with van der Waals surface area (Å²) in [5.41, 5.74) is 0. The van der Waals surface area contributed by atoms with Gasteiger partial charge >= 0.3 is 120 Å². The van der Waals surface area contributed by atoms with Crippen LogP contribution in [0.1, 0.15) is 72.6 Å². The van der Waals surface area contributed by atoms with Crippen LogP contribution in [0.15, 0.2) is 0 Å². The second-order valence-corrected chi connectivity index (χ2v) is 21.0. The summed E-state index contributed by atoms with van der Waals surface area (Å²) in [6, 6.07) is 0. The summed E-state index contributed by atoms with van der Waals surface area (Å²) in [6.07, 6.45) is 9.46. The number of aliphatic hydroxyl groups is 1. The molecule has 0 fully saturated rings. The van der Waals surface area contributed by atoms with Crippen molar-refractivity contribution in [2.45, 2.75) is 89.9 Å². The van der Waals surface area contributed by atoms with Crippen molar-refractivity contribution in [3.8, 4) is 0 Å². The summed E-state index contributed by atoms with van der Waals surface area (Å²) in [6.45, 7) is 9.85. The molecule has 0 aromatic heterocycles. The molecule has 18 heavy (non-hydrogen) atoms. The maximum atomic E-state index is 9.31. The first-order valence-corrected chi connectivity index (χ1v) is 16.0. The van der Waals surface area contributed by atoms with Gasteiger partial charge in [-0.05, 0) is 0 Å². The van der Waals surface area contributed by atoms with Crippen LogP contribution in [0, 0.1) is 0 Å². The van der Waals surface area contributed by atoms with Gasteiger partial charge in [0.05, 0.1) is 0 Å². The van der Waals surface area contributed by atoms with Crippen LogP contribution in [0.3, 0.4) is 0 Å². The summed E-state index contributed by atoms with van der Waals surface area (Å²) in [5, 5.41) is 9.31. The van der Waals surface area contributed by atoms with Gasteiger partial charge in [-0.2, -0.15) is 0 Å². The van der Waals surface area contributed by atoms with Crippen LogP contribution in [0.4, 0.5) is 0 Å². The summed E-state index contributed by atoms with van der Waals surface area (Å²) >= 11 is -1.99. The molecular weight excluding hydrogens is 327 g/mol. The van der Waals surface area contributed by atoms with E-state index in [9.17, 15) is 5.11 Å². The monoisotopic (exact) mass is 364 g/mol. The molecule has 0 aliphatic carbocycles. The third-order valence-electron chi connectivity index (χ3n) is 4.69. The van der Waals surface area contributed by atoms with E-state index in [1.807, 2.05) is 0 Å². The van der Waals surface area contributed by atoms with Crippen molar-refractivity contribution in [3.05, 3.63) is 0 Å². The van der Waals surface area contributed by atoms with Gasteiger partial charge in [0, 0.05) is 0 Å². The fourth-order valence-corrected chi connectivity index (χ4v) is 20.7. The Labute approximate surface area is 120 Å². The van der Waals surface area contributed by atoms with Crippen LogP contribution in [0.2, 0.25) is 17.2 Å². The fourth-order valence-electron chi connectivity index (χ4n) is 3.20. The summed E-state index contributed by atoms with van der Waals surface area (Å²) in [7, 11) is 0. The minimum absolute atomic E-state index is 0.407. The van der Waals surface area contributed by atoms with E-state index in [1.54, 1.807) is 13.3 Å². The van der Waals surface area contributed by atoms with Gasteiger partial charge in [-0.25, -0.2) is 0 Å². The molecule has 1 atom stereocenters. The van der Waals surface area contributed by atoms with Crippen LogP contribution in [-0.4, -0.2) is 30.1 Å². The topological polar surface area (TPSA) is 20.2 Å². The molecule has 0 aliphatic rings. The zero-order valence-electron chi connectivity index (χ0n) is 13.3. The molecule has 0 heterocycles. The zero-order valence-corrected chi connectivity index (χ0v) is 16.2. The molecule has 0 aromatic carbocycles. The van der Waals surface area contributed by atoms with Crippen molar-refractivity contribution in [3.63, 3.8) is 0 Å². The molecule has 1 nitrogen and oxygen atoms in total. The van der Waals surface area contributed by atoms with Crippen molar-refractivity contribution in [1.82, 2.24) is 0 Å². The number of hydrogen-bond acceptors (Lipinski definition) is 1. The predicted molar refractivity (Wildman–Crippen MR) is 86.0 cm³/mol. The fraction of sp³-hybridized carbons (Fsp3) is 1.00. The van der Waals surface area contributed by atoms with Crippen molar-refractivity contribution in [2.75, 3.05) is 6.61 Å². The summed E-state index contributed by atoms with van der Waals surface area (Å²) in [4.78, 5) is 0. The Bertz CT molecular complexity index is 160. The van der Waals surface area contributed by atoms with Gasteiger partial charge in [0.2, 0.25) is 0 Å². The molecule has 0 spiro atoms. The van der Waals surface area contributed by atoms with E-state index < -0.39 is 18.4 Å². The van der Waals surface area contributed by atoms with E-state index in [0.717, 1.165) is 10.4 Å². The normalized spacial score (nSPS) is 13.8. The quantitative estimate of drug-likeness (QED) is 0.447. The third kappa shape index (κ3) is 6.79. The molecule has 0 radical (unpaired) electrons. The molecule has 0 bridgehead atoms. The number of rotatable bonds is 12. The molecule has 0 aliphatic heterocycles. The first-order chi connectivity index (χ1) is 8.66. The molecule has 0 saturated heterocycles. The van der Waals surface area contributed by atoms with Crippen molar-refractivity contribution in [1.29, 1.82) is 0 Å². The van der Waals surface area contributed by atoms with Gasteiger partial charge < -0.3 is 0 Å². The molecule has 0 aromatic rings. The molecule has 2 heteroatoms. The number of hydrogen-bond donors (Lipinski definition) is 1. The Morgan fingerprint density at radius 2 is 1.22 bits per heavy atom. The first kappa shape index (κ1) is 18.8. The Morgan fingerprint density at radius 1 is 0.833 bits per heavy atom. The van der Waals surface area contributed by atoms with Gasteiger partial charge in [-0.15, -0.1) is 0 Å². The van der Waals surface area contributed by atoms with Crippen molar-refractivity contribution < 1.29 is 5.11 Å². The first-order valence-electron chi connectivity index (χ1n) is 8.27. The van der Waals surface area contributed by atoms with Crippen LogP contribution in [-0.2, 0) is 0 Å². The Hall–Kier alpha value is 0.759. The minimum atomic E-state index is -1.99. The van der Waals surface area contributed by atoms with Gasteiger partial charge in [-0.1, -0.05) is 0 Å². The average molecular weight is 363 g/mol. The van der Waals surface area contributed by atoms with Crippen LogP contribution < -0.4 is 0 Å². The van der Waals surface area contributed by atoms with Crippen LogP contribution in [0.5, 0.6) is 0 Å². The van der Waals surface area contributed by atoms with Crippen molar-refractivity contribution in [2.24, 2.45) is 0 Å². The molecule has 0 unspecified atom stereocenters. The predicted octanol–water partition coefficient (Wildman–Crippen LogP) is 5.61. The molecule has 110 valence electrons. The SMILES string of the molecule is CCC[CH2][Sn]([CH2]CCC)([CH2]CCC)[C@H](C)CCO. The zero-order chi connectivity index (χ0) is 13.9. The average Bonchev–Trinajstić information content (AvgIpc) is 2.38. The summed E-state index contributed by atoms with van der Waals surface area (Å²) < 4.78 is 5.61. The van der Waals surface area contributed by atoms with Gasteiger partial charge in [0.1, 0.15) is 0 Å². The summed E-state index contributed by atoms with van der Waals surface area (Å²) in [5.74, 6) is 0. The standard InChI is InChI=1S/C4H9O.3C4H9.Sn/c1-2-3-4-5;3*1-3-4-2;/h2,5H,3-4H2,1H3;3*1,3-4H2,2H3;. The maximum absolute atomic E-state index is 9.31. The van der Waals surface area contributed by atoms with E-state index in [1.165, 1.54) is 38.5 Å². The second kappa shape index (κ2) is 11.6. The molecular formula is C16H36OSn. The van der Waals surface area contributed by atoms with Crippen LogP contribution >= 0.6 is 0 Å². The van der Waals surface area contributed by atoms with Crippen LogP contribution in [0.25, 0.3) is 0 Å². The van der Waals surface area contributed by atoms with Crippen molar-refractivity contribution >= 4 is 18.4 Å². The molecule has 0 saturated carbocycles. The van der Waals surface area contributed by atoms with E-state index in [2.05, 4.69) is 27.7 Å². The Kier molecular flexibility index (Phi) is 12.1. The van der Waals surface area contributed by atoms with E-state index in [4.69, 9.17) is 0 Å². The molecule has 1 N–H and O–H groups in total. The van der Waals surface area contributed by atoms with E-state index in [-0.39, 0.29) is 0 Å². The van der Waals surface area contributed by atoms with Gasteiger partial charge in [0.25, 0.3) is 0 Å². The molecule has 0 amide bonds. The van der Waals surface area contributed by atoms with Gasteiger partial charge in [-0.3, -0.25) is 0 Å². The van der Waals surface area contributed by atoms with E-state index in [0.29, 0.717) is 6.61 Å². The Morgan fingerprint density at radius 3 is 1.50 bits per heavy atom. The second-order valence-electron chi connectivity index (χ2n) is 6.09. The third-order valence-corrected chi connectivity index (χ3v) is 23.0. The Balaban J connectivity index is 4.72. The van der Waals surface area contributed by atoms with E-state index >= 15 is 0 Å². The van der Waals surface area contributed by atoms with Gasteiger partial charge in [0.15, 0.2) is 0 Å². The number of unbranched alkanes of at least 4 members (excludes halogenated alkanes) is 3.